The Hall–Kier alpha value is -1.86. The third kappa shape index (κ3) is 3.73. The zero-order chi connectivity index (χ0) is 16.4. The number of nitrogens with one attached hydrogen (secondary N) is 1. The molecule has 0 aromatic carbocycles. The highest BCUT2D eigenvalue weighted by Crippen LogP contribution is 2.28. The normalized spacial score (nSPS) is 24.0. The summed E-state index contributed by atoms with van der Waals surface area (Å²) in [6.45, 7) is 2.53. The van der Waals surface area contributed by atoms with E-state index in [1.54, 1.807) is 19.4 Å². The smallest absolute Gasteiger partial charge is 0.229 e. The van der Waals surface area contributed by atoms with Crippen molar-refractivity contribution < 1.29 is 14.4 Å². The van der Waals surface area contributed by atoms with E-state index in [9.17, 15) is 9.90 Å². The Morgan fingerprint density at radius 3 is 3.04 bits per heavy atom. The van der Waals surface area contributed by atoms with E-state index in [2.05, 4.69) is 15.5 Å². The Morgan fingerprint density at radius 2 is 2.39 bits per heavy atom. The van der Waals surface area contributed by atoms with E-state index >= 15 is 0 Å². The van der Waals surface area contributed by atoms with E-state index in [4.69, 9.17) is 16.1 Å². The molecule has 0 aliphatic heterocycles. The van der Waals surface area contributed by atoms with Crippen molar-refractivity contribution in [2.45, 2.75) is 44.9 Å². The van der Waals surface area contributed by atoms with Crippen LogP contribution in [0.1, 0.15) is 24.1 Å². The molecule has 1 aliphatic carbocycles. The molecular formula is C15H19ClN4O3. The van der Waals surface area contributed by atoms with Gasteiger partial charge in [-0.1, -0.05) is 5.16 Å². The molecule has 1 amide bonds. The van der Waals surface area contributed by atoms with Gasteiger partial charge < -0.3 is 19.5 Å². The van der Waals surface area contributed by atoms with Crippen LogP contribution < -0.4 is 5.32 Å². The van der Waals surface area contributed by atoms with E-state index in [0.29, 0.717) is 23.6 Å². The number of hydrogen-bond acceptors (Lipinski definition) is 5. The van der Waals surface area contributed by atoms with Gasteiger partial charge in [-0.2, -0.15) is 0 Å². The molecule has 1 fully saturated rings. The maximum atomic E-state index is 12.2. The van der Waals surface area contributed by atoms with Gasteiger partial charge in [-0.3, -0.25) is 4.79 Å². The quantitative estimate of drug-likeness (QED) is 0.858. The summed E-state index contributed by atoms with van der Waals surface area (Å²) in [5, 5.41) is 16.9. The van der Waals surface area contributed by atoms with Crippen LogP contribution in [-0.2, 0) is 17.8 Å². The maximum absolute atomic E-state index is 12.2. The van der Waals surface area contributed by atoms with Crippen molar-refractivity contribution >= 4 is 17.5 Å². The summed E-state index contributed by atoms with van der Waals surface area (Å²) in [7, 11) is 0. The van der Waals surface area contributed by atoms with Gasteiger partial charge in [0.1, 0.15) is 0 Å². The van der Waals surface area contributed by atoms with Crippen molar-refractivity contribution in [3.8, 4) is 0 Å². The van der Waals surface area contributed by atoms with Crippen molar-refractivity contribution in [1.29, 1.82) is 0 Å². The van der Waals surface area contributed by atoms with E-state index in [1.807, 2.05) is 10.8 Å². The van der Waals surface area contributed by atoms with Gasteiger partial charge in [0, 0.05) is 24.5 Å². The topological polar surface area (TPSA) is 93.2 Å². The zero-order valence-corrected chi connectivity index (χ0v) is 13.5. The molecular weight excluding hydrogens is 320 g/mol. The Kier molecular flexibility index (Phi) is 4.68. The number of imidazole rings is 1. The SMILES string of the molecule is Cc1noc(Cl)c1CC(=O)N[C@@H]1CC(Cn2ccnc2)C[C@H]1O. The number of hydrogen-bond donors (Lipinski definition) is 2. The molecule has 1 unspecified atom stereocenters. The van der Waals surface area contributed by atoms with Crippen LogP contribution in [-0.4, -0.2) is 37.9 Å². The first-order valence-corrected chi connectivity index (χ1v) is 7.94. The molecule has 124 valence electrons. The number of carbonyl (C=O) groups is 1. The lowest BCUT2D eigenvalue weighted by atomic mass is 10.1. The van der Waals surface area contributed by atoms with E-state index in [1.165, 1.54) is 0 Å². The second kappa shape index (κ2) is 6.72. The summed E-state index contributed by atoms with van der Waals surface area (Å²) >= 11 is 5.87. The first kappa shape index (κ1) is 16.0. The second-order valence-electron chi connectivity index (χ2n) is 6.04. The van der Waals surface area contributed by atoms with E-state index in [-0.39, 0.29) is 23.6 Å². The number of nitrogens with zero attached hydrogens (tertiary/aromatic N) is 3. The Balaban J connectivity index is 1.54. The highest BCUT2D eigenvalue weighted by atomic mass is 35.5. The van der Waals surface area contributed by atoms with Crippen molar-refractivity contribution in [2.24, 2.45) is 5.92 Å². The fourth-order valence-corrected chi connectivity index (χ4v) is 3.33. The molecule has 2 aromatic rings. The summed E-state index contributed by atoms with van der Waals surface area (Å²) in [5.74, 6) is 0.121. The average molecular weight is 339 g/mol. The standard InChI is InChI=1S/C15H19ClN4O3/c1-9-11(15(16)23-19-9)6-14(22)18-12-4-10(5-13(12)21)7-20-3-2-17-8-20/h2-3,8,10,12-13,21H,4-7H2,1H3,(H,18,22)/t10?,12-,13-/m1/s1. The maximum Gasteiger partial charge on any atom is 0.229 e. The molecule has 3 atom stereocenters. The van der Waals surface area contributed by atoms with Crippen LogP contribution in [0.15, 0.2) is 23.2 Å². The van der Waals surface area contributed by atoms with Crippen molar-refractivity contribution in [2.75, 3.05) is 0 Å². The highest BCUT2D eigenvalue weighted by molar-refractivity contribution is 6.29. The first-order valence-electron chi connectivity index (χ1n) is 7.56. The van der Waals surface area contributed by atoms with Crippen molar-refractivity contribution in [3.05, 3.63) is 35.2 Å². The second-order valence-corrected chi connectivity index (χ2v) is 6.38. The molecule has 1 saturated carbocycles. The number of aliphatic hydroxyl groups excluding tert-OH is 1. The summed E-state index contributed by atoms with van der Waals surface area (Å²) < 4.78 is 6.83. The molecule has 1 aliphatic rings. The minimum Gasteiger partial charge on any atom is -0.391 e. The van der Waals surface area contributed by atoms with Crippen LogP contribution in [0.4, 0.5) is 0 Å². The predicted molar refractivity (Wildman–Crippen MR) is 82.8 cm³/mol. The summed E-state index contributed by atoms with van der Waals surface area (Å²) in [6, 6.07) is -0.241. The molecule has 7 nitrogen and oxygen atoms in total. The number of carbonyl (C=O) groups excluding carboxylic acids is 1. The summed E-state index contributed by atoms with van der Waals surface area (Å²) in [4.78, 5) is 16.2. The van der Waals surface area contributed by atoms with E-state index < -0.39 is 6.10 Å². The summed E-state index contributed by atoms with van der Waals surface area (Å²) in [5.41, 5.74) is 1.20. The minimum absolute atomic E-state index is 0.101. The van der Waals surface area contributed by atoms with Crippen LogP contribution in [0.5, 0.6) is 0 Å². The molecule has 8 heteroatoms. The molecule has 2 aromatic heterocycles. The lowest BCUT2D eigenvalue weighted by Crippen LogP contribution is -2.40. The zero-order valence-electron chi connectivity index (χ0n) is 12.8. The largest absolute Gasteiger partial charge is 0.391 e. The minimum atomic E-state index is -0.536. The monoisotopic (exact) mass is 338 g/mol. The molecule has 0 bridgehead atoms. The van der Waals surface area contributed by atoms with Gasteiger partial charge in [0.15, 0.2) is 0 Å². The number of halogens is 1. The highest BCUT2D eigenvalue weighted by Gasteiger charge is 2.34. The first-order chi connectivity index (χ1) is 11.0. The average Bonchev–Trinajstić information content (AvgIpc) is 3.19. The fourth-order valence-electron chi connectivity index (χ4n) is 3.09. The van der Waals surface area contributed by atoms with Gasteiger partial charge in [-0.05, 0) is 37.3 Å². The summed E-state index contributed by atoms with van der Waals surface area (Å²) in [6.07, 6.45) is 6.35. The number of amides is 1. The van der Waals surface area contributed by atoms with Gasteiger partial charge in [0.2, 0.25) is 11.1 Å². The van der Waals surface area contributed by atoms with E-state index in [0.717, 1.165) is 13.0 Å². The lowest BCUT2D eigenvalue weighted by molar-refractivity contribution is -0.121. The number of aryl methyl sites for hydroxylation is 1. The van der Waals surface area contributed by atoms with Crippen LogP contribution in [0.3, 0.4) is 0 Å². The molecule has 3 rings (SSSR count). The van der Waals surface area contributed by atoms with Crippen LogP contribution in [0.2, 0.25) is 5.22 Å². The van der Waals surface area contributed by atoms with Crippen LogP contribution in [0, 0.1) is 12.8 Å². The predicted octanol–water partition coefficient (Wildman–Crippen LogP) is 1.33. The number of aromatic nitrogens is 3. The van der Waals surface area contributed by atoms with Crippen molar-refractivity contribution in [3.63, 3.8) is 0 Å². The van der Waals surface area contributed by atoms with Gasteiger partial charge >= 0.3 is 0 Å². The number of rotatable bonds is 5. The third-order valence-corrected chi connectivity index (χ3v) is 4.57. The molecule has 0 spiro atoms. The van der Waals surface area contributed by atoms with Gasteiger partial charge in [0.25, 0.3) is 0 Å². The molecule has 0 radical (unpaired) electrons. The van der Waals surface area contributed by atoms with Crippen LogP contribution >= 0.6 is 11.6 Å². The van der Waals surface area contributed by atoms with Gasteiger partial charge in [0.05, 0.1) is 30.6 Å². The lowest BCUT2D eigenvalue weighted by Gasteiger charge is -2.16. The Morgan fingerprint density at radius 1 is 1.57 bits per heavy atom. The number of aliphatic hydroxyl groups is 1. The van der Waals surface area contributed by atoms with Crippen molar-refractivity contribution in [1.82, 2.24) is 20.0 Å². The molecule has 2 heterocycles. The molecule has 2 N–H and O–H groups in total. The fraction of sp³-hybridized carbons (Fsp3) is 0.533. The van der Waals surface area contributed by atoms with Gasteiger partial charge in [-0.25, -0.2) is 4.98 Å². The van der Waals surface area contributed by atoms with Crippen LogP contribution in [0.25, 0.3) is 0 Å². The third-order valence-electron chi connectivity index (χ3n) is 4.28. The Labute approximate surface area is 138 Å². The Bertz CT molecular complexity index is 651. The van der Waals surface area contributed by atoms with Gasteiger partial charge in [-0.15, -0.1) is 0 Å². The molecule has 0 saturated heterocycles. The molecule has 23 heavy (non-hydrogen) atoms.